The zero-order valence-electron chi connectivity index (χ0n) is 16.9. The van der Waals surface area contributed by atoms with Gasteiger partial charge in [-0.1, -0.05) is 100 Å². The van der Waals surface area contributed by atoms with E-state index in [2.05, 4.69) is 24.3 Å². The van der Waals surface area contributed by atoms with Crippen LogP contribution in [0.1, 0.15) is 48.4 Å². The fourth-order valence-electron chi connectivity index (χ4n) is 3.18. The van der Waals surface area contributed by atoms with Crippen molar-refractivity contribution in [1.29, 1.82) is 0 Å². The Morgan fingerprint density at radius 3 is 0.893 bits per heavy atom. The molecule has 0 aliphatic carbocycles. The minimum atomic E-state index is 0.00681. The third-order valence-electron chi connectivity index (χ3n) is 4.94. The maximum atomic E-state index is 12.1. The molecular formula is C26H26O2. The van der Waals surface area contributed by atoms with Gasteiger partial charge in [0.25, 0.3) is 0 Å². The first kappa shape index (κ1) is 19.8. The van der Waals surface area contributed by atoms with E-state index in [-0.39, 0.29) is 23.4 Å². The highest BCUT2D eigenvalue weighted by molar-refractivity contribution is 5.98. The van der Waals surface area contributed by atoms with Crippen molar-refractivity contribution in [2.75, 3.05) is 0 Å². The number of hydrogen-bond acceptors (Lipinski definition) is 2. The Balaban J connectivity index is 1.78. The summed E-state index contributed by atoms with van der Waals surface area (Å²) in [6.07, 6.45) is 0. The second-order valence-corrected chi connectivity index (χ2v) is 7.77. The summed E-state index contributed by atoms with van der Waals surface area (Å²) in [6.45, 7) is 7.67. The van der Waals surface area contributed by atoms with Crippen LogP contribution in [0.5, 0.6) is 0 Å². The lowest BCUT2D eigenvalue weighted by Gasteiger charge is -2.08. The Hall–Kier alpha value is -3.00. The number of carbonyl (C=O) groups excluding carboxylic acids is 2. The fraction of sp³-hybridized carbons (Fsp3) is 0.231. The quantitative estimate of drug-likeness (QED) is 0.453. The third kappa shape index (κ3) is 4.28. The number of benzene rings is 3. The standard InChI is InChI=1S/C26H26O2/c1-17(2)25(27)23-13-9-21(10-14-23)19-5-7-20(8-6-19)22-11-15-24(16-12-22)26(28)18(3)4/h5-18H,1-4H3. The molecule has 2 heteroatoms. The molecule has 142 valence electrons. The number of rotatable bonds is 6. The van der Waals surface area contributed by atoms with Gasteiger partial charge in [-0.25, -0.2) is 0 Å². The van der Waals surface area contributed by atoms with E-state index in [1.165, 1.54) is 0 Å². The van der Waals surface area contributed by atoms with Crippen molar-refractivity contribution < 1.29 is 9.59 Å². The minimum absolute atomic E-state index is 0.00681. The first-order valence-corrected chi connectivity index (χ1v) is 9.76. The molecule has 0 unspecified atom stereocenters. The van der Waals surface area contributed by atoms with E-state index in [9.17, 15) is 9.59 Å². The predicted molar refractivity (Wildman–Crippen MR) is 116 cm³/mol. The first-order chi connectivity index (χ1) is 13.4. The highest BCUT2D eigenvalue weighted by atomic mass is 16.1. The van der Waals surface area contributed by atoms with Gasteiger partial charge in [0, 0.05) is 23.0 Å². The van der Waals surface area contributed by atoms with E-state index in [0.29, 0.717) is 0 Å². The van der Waals surface area contributed by atoms with Crippen LogP contribution in [0.15, 0.2) is 72.8 Å². The molecule has 0 heterocycles. The average Bonchev–Trinajstić information content (AvgIpc) is 2.73. The van der Waals surface area contributed by atoms with Crippen molar-refractivity contribution in [3.8, 4) is 22.3 Å². The molecule has 0 N–H and O–H groups in total. The molecule has 0 bridgehead atoms. The summed E-state index contributed by atoms with van der Waals surface area (Å²) in [6, 6.07) is 23.9. The van der Waals surface area contributed by atoms with Gasteiger partial charge >= 0.3 is 0 Å². The lowest BCUT2D eigenvalue weighted by atomic mass is 9.95. The molecule has 0 fully saturated rings. The van der Waals surface area contributed by atoms with Crippen LogP contribution in [-0.2, 0) is 0 Å². The molecule has 2 nitrogen and oxygen atoms in total. The summed E-state index contributed by atoms with van der Waals surface area (Å²) in [5.74, 6) is 0.349. The van der Waals surface area contributed by atoms with Crippen LogP contribution in [0.4, 0.5) is 0 Å². The SMILES string of the molecule is CC(C)C(=O)c1ccc(-c2ccc(-c3ccc(C(=O)C(C)C)cc3)cc2)cc1. The minimum Gasteiger partial charge on any atom is -0.294 e. The van der Waals surface area contributed by atoms with Gasteiger partial charge in [-0.15, -0.1) is 0 Å². The normalized spacial score (nSPS) is 11.1. The number of Topliss-reactive ketones (excluding diaryl/α,β-unsaturated/α-hetero) is 2. The lowest BCUT2D eigenvalue weighted by molar-refractivity contribution is 0.0932. The van der Waals surface area contributed by atoms with E-state index < -0.39 is 0 Å². The molecule has 0 spiro atoms. The van der Waals surface area contributed by atoms with Crippen molar-refractivity contribution in [2.45, 2.75) is 27.7 Å². The zero-order chi connectivity index (χ0) is 20.3. The van der Waals surface area contributed by atoms with Crippen molar-refractivity contribution in [3.63, 3.8) is 0 Å². The summed E-state index contributed by atoms with van der Waals surface area (Å²) in [7, 11) is 0. The van der Waals surface area contributed by atoms with E-state index >= 15 is 0 Å². The molecule has 0 aromatic heterocycles. The number of ketones is 2. The maximum absolute atomic E-state index is 12.1. The first-order valence-electron chi connectivity index (χ1n) is 9.76. The van der Waals surface area contributed by atoms with Crippen LogP contribution in [0, 0.1) is 11.8 Å². The molecular weight excluding hydrogens is 344 g/mol. The van der Waals surface area contributed by atoms with Gasteiger partial charge in [0.05, 0.1) is 0 Å². The molecule has 0 aliphatic rings. The maximum Gasteiger partial charge on any atom is 0.165 e. The smallest absolute Gasteiger partial charge is 0.165 e. The van der Waals surface area contributed by atoms with Crippen molar-refractivity contribution in [3.05, 3.63) is 83.9 Å². The molecule has 0 amide bonds. The molecule has 0 saturated carbocycles. The Morgan fingerprint density at radius 2 is 0.679 bits per heavy atom. The fourth-order valence-corrected chi connectivity index (χ4v) is 3.18. The van der Waals surface area contributed by atoms with Crippen LogP contribution >= 0.6 is 0 Å². The predicted octanol–water partition coefficient (Wildman–Crippen LogP) is 6.70. The molecule has 0 aliphatic heterocycles. The number of hydrogen-bond donors (Lipinski definition) is 0. The molecule has 3 aromatic rings. The van der Waals surface area contributed by atoms with E-state index in [0.717, 1.165) is 33.4 Å². The molecule has 28 heavy (non-hydrogen) atoms. The highest BCUT2D eigenvalue weighted by Crippen LogP contribution is 2.26. The second kappa shape index (κ2) is 8.35. The van der Waals surface area contributed by atoms with Gasteiger partial charge in [-0.05, 0) is 22.3 Å². The Bertz CT molecular complexity index is 878. The van der Waals surface area contributed by atoms with Crippen LogP contribution < -0.4 is 0 Å². The molecule has 0 saturated heterocycles. The molecule has 0 atom stereocenters. The van der Waals surface area contributed by atoms with E-state index in [1.54, 1.807) is 0 Å². The van der Waals surface area contributed by atoms with Gasteiger partial charge in [-0.3, -0.25) is 9.59 Å². The Morgan fingerprint density at radius 1 is 0.464 bits per heavy atom. The van der Waals surface area contributed by atoms with Gasteiger partial charge in [0.15, 0.2) is 11.6 Å². The van der Waals surface area contributed by atoms with Crippen LogP contribution in [0.3, 0.4) is 0 Å². The Labute approximate surface area is 167 Å². The van der Waals surface area contributed by atoms with Crippen molar-refractivity contribution >= 4 is 11.6 Å². The van der Waals surface area contributed by atoms with Gasteiger partial charge in [-0.2, -0.15) is 0 Å². The third-order valence-corrected chi connectivity index (χ3v) is 4.94. The highest BCUT2D eigenvalue weighted by Gasteiger charge is 2.11. The van der Waals surface area contributed by atoms with Gasteiger partial charge in [0.1, 0.15) is 0 Å². The second-order valence-electron chi connectivity index (χ2n) is 7.77. The molecule has 0 radical (unpaired) electrons. The summed E-state index contributed by atoms with van der Waals surface area (Å²) in [5.41, 5.74) is 5.91. The van der Waals surface area contributed by atoms with Crippen LogP contribution in [0.25, 0.3) is 22.3 Å². The van der Waals surface area contributed by atoms with Crippen LogP contribution in [0.2, 0.25) is 0 Å². The van der Waals surface area contributed by atoms with Crippen LogP contribution in [-0.4, -0.2) is 11.6 Å². The number of carbonyl (C=O) groups is 2. The summed E-state index contributed by atoms with van der Waals surface area (Å²) in [5, 5.41) is 0. The van der Waals surface area contributed by atoms with Gasteiger partial charge in [0.2, 0.25) is 0 Å². The van der Waals surface area contributed by atoms with E-state index in [1.807, 2.05) is 76.2 Å². The molecule has 3 rings (SSSR count). The van der Waals surface area contributed by atoms with Gasteiger partial charge < -0.3 is 0 Å². The van der Waals surface area contributed by atoms with Crippen molar-refractivity contribution in [2.24, 2.45) is 11.8 Å². The largest absolute Gasteiger partial charge is 0.294 e. The van der Waals surface area contributed by atoms with E-state index in [4.69, 9.17) is 0 Å². The molecule has 3 aromatic carbocycles. The summed E-state index contributed by atoms with van der Waals surface area (Å²) in [4.78, 5) is 24.2. The topological polar surface area (TPSA) is 34.1 Å². The Kier molecular flexibility index (Phi) is 5.89. The average molecular weight is 370 g/mol. The monoisotopic (exact) mass is 370 g/mol. The van der Waals surface area contributed by atoms with Crippen molar-refractivity contribution in [1.82, 2.24) is 0 Å². The lowest BCUT2D eigenvalue weighted by Crippen LogP contribution is -2.06. The summed E-state index contributed by atoms with van der Waals surface area (Å²) < 4.78 is 0. The zero-order valence-corrected chi connectivity index (χ0v) is 16.9. The summed E-state index contributed by atoms with van der Waals surface area (Å²) >= 11 is 0.